The van der Waals surface area contributed by atoms with Crippen molar-refractivity contribution in [3.8, 4) is 0 Å². The number of nitrogens with zero attached hydrogens (tertiary/aromatic N) is 3. The summed E-state index contributed by atoms with van der Waals surface area (Å²) >= 11 is 0. The van der Waals surface area contributed by atoms with Crippen molar-refractivity contribution < 1.29 is 0 Å². The number of imidazole rings is 1. The molecule has 3 heteroatoms. The molecule has 1 aromatic rings. The number of rotatable bonds is 5. The predicted octanol–water partition coefficient (Wildman–Crippen LogP) is 3.31. The lowest BCUT2D eigenvalue weighted by molar-refractivity contribution is 0.185. The van der Waals surface area contributed by atoms with Gasteiger partial charge in [0.2, 0.25) is 0 Å². The molecule has 0 spiro atoms. The molecule has 0 N–H and O–H groups in total. The minimum absolute atomic E-state index is 0.467. The molecule has 0 saturated heterocycles. The SMILES string of the molecule is CCCN(CCC)C1CC(C)=Cn2ccnc21. The molecule has 0 radical (unpaired) electrons. The maximum atomic E-state index is 4.53. The fraction of sp³-hybridized carbons (Fsp3) is 0.643. The number of hydrogen-bond donors (Lipinski definition) is 0. The molecule has 1 aromatic heterocycles. The molecule has 17 heavy (non-hydrogen) atoms. The summed E-state index contributed by atoms with van der Waals surface area (Å²) in [5.74, 6) is 1.21. The Bertz CT molecular complexity index is 386. The molecule has 1 aliphatic rings. The van der Waals surface area contributed by atoms with Gasteiger partial charge in [-0.3, -0.25) is 4.90 Å². The van der Waals surface area contributed by atoms with Gasteiger partial charge in [0, 0.05) is 18.6 Å². The lowest BCUT2D eigenvalue weighted by atomic mass is 10.0. The van der Waals surface area contributed by atoms with E-state index in [0.29, 0.717) is 6.04 Å². The monoisotopic (exact) mass is 233 g/mol. The molecule has 0 saturated carbocycles. The molecular weight excluding hydrogens is 210 g/mol. The minimum atomic E-state index is 0.467. The Morgan fingerprint density at radius 1 is 1.35 bits per heavy atom. The van der Waals surface area contributed by atoms with Crippen LogP contribution in [0.2, 0.25) is 0 Å². The third-order valence-corrected chi connectivity index (χ3v) is 3.33. The second-order valence-corrected chi connectivity index (χ2v) is 4.92. The van der Waals surface area contributed by atoms with Crippen molar-refractivity contribution >= 4 is 6.20 Å². The highest BCUT2D eigenvalue weighted by atomic mass is 15.2. The van der Waals surface area contributed by atoms with E-state index in [4.69, 9.17) is 0 Å². The molecule has 1 atom stereocenters. The summed E-state index contributed by atoms with van der Waals surface area (Å²) in [4.78, 5) is 7.11. The van der Waals surface area contributed by atoms with Gasteiger partial charge in [0.05, 0.1) is 6.04 Å². The van der Waals surface area contributed by atoms with Crippen molar-refractivity contribution in [3.63, 3.8) is 0 Å². The fourth-order valence-electron chi connectivity index (χ4n) is 2.67. The standard InChI is InChI=1S/C14H23N3/c1-4-7-16(8-5-2)13-10-12(3)11-17-9-6-15-14(13)17/h6,9,11,13H,4-5,7-8,10H2,1-3H3. The maximum absolute atomic E-state index is 4.53. The highest BCUT2D eigenvalue weighted by molar-refractivity contribution is 5.36. The molecule has 0 fully saturated rings. The zero-order valence-corrected chi connectivity index (χ0v) is 11.2. The highest BCUT2D eigenvalue weighted by Crippen LogP contribution is 2.31. The van der Waals surface area contributed by atoms with E-state index in [1.807, 2.05) is 6.20 Å². The van der Waals surface area contributed by atoms with Crippen LogP contribution >= 0.6 is 0 Å². The van der Waals surface area contributed by atoms with Crippen molar-refractivity contribution in [2.75, 3.05) is 13.1 Å². The van der Waals surface area contributed by atoms with E-state index in [1.165, 1.54) is 37.3 Å². The van der Waals surface area contributed by atoms with E-state index in [2.05, 4.69) is 47.6 Å². The molecule has 0 aliphatic carbocycles. The first-order valence-electron chi connectivity index (χ1n) is 6.70. The fourth-order valence-corrected chi connectivity index (χ4v) is 2.67. The third-order valence-electron chi connectivity index (χ3n) is 3.33. The topological polar surface area (TPSA) is 21.1 Å². The van der Waals surface area contributed by atoms with Crippen LogP contribution in [0.4, 0.5) is 0 Å². The normalized spacial score (nSPS) is 19.3. The van der Waals surface area contributed by atoms with Crippen molar-refractivity contribution in [2.45, 2.75) is 46.1 Å². The van der Waals surface area contributed by atoms with Crippen LogP contribution in [-0.4, -0.2) is 27.5 Å². The van der Waals surface area contributed by atoms with Crippen molar-refractivity contribution in [1.82, 2.24) is 14.5 Å². The number of aromatic nitrogens is 2. The van der Waals surface area contributed by atoms with Gasteiger partial charge in [-0.1, -0.05) is 19.4 Å². The smallest absolute Gasteiger partial charge is 0.130 e. The van der Waals surface area contributed by atoms with Gasteiger partial charge in [-0.25, -0.2) is 4.98 Å². The van der Waals surface area contributed by atoms with Gasteiger partial charge in [0.1, 0.15) is 5.82 Å². The van der Waals surface area contributed by atoms with Crippen molar-refractivity contribution in [1.29, 1.82) is 0 Å². The number of fused-ring (bicyclic) bond motifs is 1. The zero-order valence-electron chi connectivity index (χ0n) is 11.2. The van der Waals surface area contributed by atoms with Crippen LogP contribution < -0.4 is 0 Å². The van der Waals surface area contributed by atoms with E-state index in [-0.39, 0.29) is 0 Å². The average Bonchev–Trinajstić information content (AvgIpc) is 2.75. The van der Waals surface area contributed by atoms with E-state index >= 15 is 0 Å². The van der Waals surface area contributed by atoms with Crippen molar-refractivity contribution in [2.24, 2.45) is 0 Å². The third kappa shape index (κ3) is 2.60. The second kappa shape index (κ2) is 5.50. The van der Waals surface area contributed by atoms with Gasteiger partial charge >= 0.3 is 0 Å². The van der Waals surface area contributed by atoms with Gasteiger partial charge in [-0.15, -0.1) is 0 Å². The van der Waals surface area contributed by atoms with Crippen molar-refractivity contribution in [3.05, 3.63) is 23.8 Å². The Hall–Kier alpha value is -1.09. The molecule has 3 nitrogen and oxygen atoms in total. The van der Waals surface area contributed by atoms with Crippen LogP contribution in [0.5, 0.6) is 0 Å². The summed E-state index contributed by atoms with van der Waals surface area (Å²) in [7, 11) is 0. The highest BCUT2D eigenvalue weighted by Gasteiger charge is 2.26. The Morgan fingerprint density at radius 3 is 2.71 bits per heavy atom. The first kappa shape index (κ1) is 12.4. The van der Waals surface area contributed by atoms with Gasteiger partial charge in [-0.2, -0.15) is 0 Å². The molecule has 0 bridgehead atoms. The Morgan fingerprint density at radius 2 is 2.06 bits per heavy atom. The molecule has 2 rings (SSSR count). The molecule has 1 aliphatic heterocycles. The zero-order chi connectivity index (χ0) is 12.3. The summed E-state index contributed by atoms with van der Waals surface area (Å²) in [5, 5.41) is 0. The second-order valence-electron chi connectivity index (χ2n) is 4.92. The first-order chi connectivity index (χ1) is 8.26. The molecule has 2 heterocycles. The first-order valence-corrected chi connectivity index (χ1v) is 6.70. The van der Waals surface area contributed by atoms with Crippen LogP contribution in [0.25, 0.3) is 6.20 Å². The van der Waals surface area contributed by atoms with E-state index in [9.17, 15) is 0 Å². The van der Waals surface area contributed by atoms with E-state index < -0.39 is 0 Å². The predicted molar refractivity (Wildman–Crippen MR) is 71.7 cm³/mol. The average molecular weight is 233 g/mol. The molecule has 1 unspecified atom stereocenters. The maximum Gasteiger partial charge on any atom is 0.130 e. The molecule has 0 amide bonds. The summed E-state index contributed by atoms with van der Waals surface area (Å²) in [5.41, 5.74) is 1.44. The summed E-state index contributed by atoms with van der Waals surface area (Å²) in [6, 6.07) is 0.467. The van der Waals surface area contributed by atoms with Crippen LogP contribution in [0.15, 0.2) is 18.0 Å². The Labute approximate surface area is 104 Å². The van der Waals surface area contributed by atoms with Crippen LogP contribution in [0.1, 0.15) is 51.9 Å². The van der Waals surface area contributed by atoms with Crippen LogP contribution in [0.3, 0.4) is 0 Å². The summed E-state index contributed by atoms with van der Waals surface area (Å²) < 4.78 is 2.18. The van der Waals surface area contributed by atoms with E-state index in [1.54, 1.807) is 0 Å². The minimum Gasteiger partial charge on any atom is -0.309 e. The molecule has 94 valence electrons. The Kier molecular flexibility index (Phi) is 4.00. The van der Waals surface area contributed by atoms with Gasteiger partial charge in [0.15, 0.2) is 0 Å². The summed E-state index contributed by atoms with van der Waals surface area (Å²) in [6.07, 6.45) is 9.71. The van der Waals surface area contributed by atoms with Crippen LogP contribution in [-0.2, 0) is 0 Å². The van der Waals surface area contributed by atoms with Gasteiger partial charge in [0.25, 0.3) is 0 Å². The lowest BCUT2D eigenvalue weighted by Gasteiger charge is -2.33. The molecule has 0 aromatic carbocycles. The number of hydrogen-bond acceptors (Lipinski definition) is 2. The lowest BCUT2D eigenvalue weighted by Crippen LogP contribution is -2.33. The largest absolute Gasteiger partial charge is 0.309 e. The Balaban J connectivity index is 2.23. The van der Waals surface area contributed by atoms with E-state index in [0.717, 1.165) is 6.42 Å². The quantitative estimate of drug-likeness (QED) is 0.778. The summed E-state index contributed by atoms with van der Waals surface area (Å²) in [6.45, 7) is 9.05. The van der Waals surface area contributed by atoms with Gasteiger partial charge < -0.3 is 4.57 Å². The molecular formula is C14H23N3. The van der Waals surface area contributed by atoms with Crippen LogP contribution in [0, 0.1) is 0 Å². The van der Waals surface area contributed by atoms with Gasteiger partial charge in [-0.05, 0) is 39.3 Å².